The number of sulfonamides is 1. The molecule has 23 heavy (non-hydrogen) atoms. The van der Waals surface area contributed by atoms with Crippen molar-refractivity contribution in [2.24, 2.45) is 5.92 Å². The quantitative estimate of drug-likeness (QED) is 0.814. The lowest BCUT2D eigenvalue weighted by atomic mass is 10.0. The van der Waals surface area contributed by atoms with Crippen molar-refractivity contribution in [1.82, 2.24) is 9.29 Å². The van der Waals surface area contributed by atoms with E-state index in [4.69, 9.17) is 9.47 Å². The summed E-state index contributed by atoms with van der Waals surface area (Å²) in [5, 5.41) is 0. The summed E-state index contributed by atoms with van der Waals surface area (Å²) in [7, 11) is -3.21. The first-order valence-electron chi connectivity index (χ1n) is 8.18. The SMILES string of the molecule is Cc1ccc(O[C@H]2CCN(S(=O)(=O)CC3CCOCC3)C2)cn1. The molecule has 0 aromatic carbocycles. The fraction of sp³-hybridized carbons (Fsp3) is 0.688. The van der Waals surface area contributed by atoms with Crippen LogP contribution in [-0.2, 0) is 14.8 Å². The van der Waals surface area contributed by atoms with Gasteiger partial charge in [-0.2, -0.15) is 4.31 Å². The summed E-state index contributed by atoms with van der Waals surface area (Å²) in [5.74, 6) is 1.15. The van der Waals surface area contributed by atoms with Crippen LogP contribution in [0.25, 0.3) is 0 Å². The standard InChI is InChI=1S/C16H24N2O4S/c1-13-2-3-15(10-17-13)22-16-4-7-18(11-16)23(19,20)12-14-5-8-21-9-6-14/h2-3,10,14,16H,4-9,11-12H2,1H3/t16-/m0/s1. The summed E-state index contributed by atoms with van der Waals surface area (Å²) in [6, 6.07) is 3.77. The van der Waals surface area contributed by atoms with Gasteiger partial charge in [0.1, 0.15) is 11.9 Å². The molecule has 0 spiro atoms. The van der Waals surface area contributed by atoms with Crippen molar-refractivity contribution in [1.29, 1.82) is 0 Å². The molecule has 2 aliphatic heterocycles. The Labute approximate surface area is 137 Å². The van der Waals surface area contributed by atoms with Crippen LogP contribution in [0.15, 0.2) is 18.3 Å². The normalized spacial score (nSPS) is 24.0. The summed E-state index contributed by atoms with van der Waals surface area (Å²) in [4.78, 5) is 4.20. The molecule has 128 valence electrons. The van der Waals surface area contributed by atoms with E-state index in [-0.39, 0.29) is 17.8 Å². The van der Waals surface area contributed by atoms with Crippen LogP contribution in [0.5, 0.6) is 5.75 Å². The van der Waals surface area contributed by atoms with E-state index in [0.29, 0.717) is 32.1 Å². The van der Waals surface area contributed by atoms with E-state index in [1.165, 1.54) is 0 Å². The highest BCUT2D eigenvalue weighted by Crippen LogP contribution is 2.23. The minimum Gasteiger partial charge on any atom is -0.487 e. The lowest BCUT2D eigenvalue weighted by molar-refractivity contribution is 0.0720. The van der Waals surface area contributed by atoms with E-state index in [9.17, 15) is 8.42 Å². The van der Waals surface area contributed by atoms with Gasteiger partial charge >= 0.3 is 0 Å². The molecule has 3 heterocycles. The molecule has 1 aromatic heterocycles. The molecule has 0 bridgehead atoms. The fourth-order valence-electron chi connectivity index (χ4n) is 3.08. The Hall–Kier alpha value is -1.18. The van der Waals surface area contributed by atoms with Crippen LogP contribution >= 0.6 is 0 Å². The minimum atomic E-state index is -3.21. The summed E-state index contributed by atoms with van der Waals surface area (Å²) in [5.41, 5.74) is 0.935. The Kier molecular flexibility index (Phi) is 5.18. The van der Waals surface area contributed by atoms with E-state index in [1.54, 1.807) is 10.5 Å². The average molecular weight is 340 g/mol. The van der Waals surface area contributed by atoms with E-state index < -0.39 is 10.0 Å². The predicted octanol–water partition coefficient (Wildman–Crippen LogP) is 1.60. The lowest BCUT2D eigenvalue weighted by Gasteiger charge is -2.24. The fourth-order valence-corrected chi connectivity index (χ4v) is 5.00. The third-order valence-corrected chi connectivity index (χ3v) is 6.49. The van der Waals surface area contributed by atoms with Gasteiger partial charge in [0.25, 0.3) is 0 Å². The van der Waals surface area contributed by atoms with Gasteiger partial charge in [0.05, 0.1) is 18.5 Å². The molecule has 7 heteroatoms. The summed E-state index contributed by atoms with van der Waals surface area (Å²) in [6.45, 7) is 4.23. The minimum absolute atomic E-state index is 0.0935. The third kappa shape index (κ3) is 4.43. The molecule has 2 aliphatic rings. The maximum atomic E-state index is 12.6. The van der Waals surface area contributed by atoms with Crippen molar-refractivity contribution in [2.45, 2.75) is 32.3 Å². The van der Waals surface area contributed by atoms with Crippen molar-refractivity contribution in [3.05, 3.63) is 24.0 Å². The lowest BCUT2D eigenvalue weighted by Crippen LogP contribution is -2.36. The van der Waals surface area contributed by atoms with Crippen molar-refractivity contribution >= 4 is 10.0 Å². The Morgan fingerprint density at radius 2 is 2.09 bits per heavy atom. The van der Waals surface area contributed by atoms with Gasteiger partial charge in [-0.3, -0.25) is 4.98 Å². The predicted molar refractivity (Wildman–Crippen MR) is 86.9 cm³/mol. The second kappa shape index (κ2) is 7.15. The Morgan fingerprint density at radius 3 is 2.78 bits per heavy atom. The molecule has 2 fully saturated rings. The van der Waals surface area contributed by atoms with Crippen molar-refractivity contribution in [3.8, 4) is 5.75 Å². The molecule has 0 radical (unpaired) electrons. The maximum absolute atomic E-state index is 12.6. The first-order chi connectivity index (χ1) is 11.0. The van der Waals surface area contributed by atoms with Crippen LogP contribution in [-0.4, -0.2) is 55.9 Å². The topological polar surface area (TPSA) is 68.7 Å². The molecular formula is C16H24N2O4S. The first-order valence-corrected chi connectivity index (χ1v) is 9.79. The summed E-state index contributed by atoms with van der Waals surface area (Å²) < 4.78 is 37.9. The third-order valence-electron chi connectivity index (χ3n) is 4.48. The van der Waals surface area contributed by atoms with Gasteiger partial charge in [-0.15, -0.1) is 0 Å². The van der Waals surface area contributed by atoms with Crippen LogP contribution < -0.4 is 4.74 Å². The zero-order valence-corrected chi connectivity index (χ0v) is 14.3. The maximum Gasteiger partial charge on any atom is 0.214 e. The van der Waals surface area contributed by atoms with Crippen LogP contribution in [0, 0.1) is 12.8 Å². The van der Waals surface area contributed by atoms with Gasteiger partial charge in [0, 0.05) is 25.5 Å². The van der Waals surface area contributed by atoms with E-state index in [0.717, 1.165) is 25.0 Å². The van der Waals surface area contributed by atoms with E-state index >= 15 is 0 Å². The number of hydrogen-bond acceptors (Lipinski definition) is 5. The molecule has 3 rings (SSSR count). The molecule has 1 aromatic rings. The molecule has 6 nitrogen and oxygen atoms in total. The molecule has 0 amide bonds. The molecule has 0 saturated carbocycles. The smallest absolute Gasteiger partial charge is 0.214 e. The van der Waals surface area contributed by atoms with E-state index in [1.807, 2.05) is 19.1 Å². The Bertz CT molecular complexity index is 611. The van der Waals surface area contributed by atoms with Crippen LogP contribution in [0.1, 0.15) is 25.0 Å². The Morgan fingerprint density at radius 1 is 1.30 bits per heavy atom. The summed E-state index contributed by atoms with van der Waals surface area (Å²) >= 11 is 0. The van der Waals surface area contributed by atoms with Gasteiger partial charge < -0.3 is 9.47 Å². The highest BCUT2D eigenvalue weighted by atomic mass is 32.2. The van der Waals surface area contributed by atoms with Gasteiger partial charge in [0.2, 0.25) is 10.0 Å². The number of aromatic nitrogens is 1. The molecule has 1 atom stereocenters. The van der Waals surface area contributed by atoms with Crippen molar-refractivity contribution in [3.63, 3.8) is 0 Å². The molecule has 0 N–H and O–H groups in total. The molecular weight excluding hydrogens is 316 g/mol. The Balaban J connectivity index is 1.54. The van der Waals surface area contributed by atoms with Crippen molar-refractivity contribution in [2.75, 3.05) is 32.1 Å². The zero-order chi connectivity index (χ0) is 16.3. The van der Waals surface area contributed by atoms with Crippen LogP contribution in [0.3, 0.4) is 0 Å². The second-order valence-electron chi connectivity index (χ2n) is 6.36. The largest absolute Gasteiger partial charge is 0.487 e. The number of aryl methyl sites for hydroxylation is 1. The number of rotatable bonds is 5. The highest BCUT2D eigenvalue weighted by molar-refractivity contribution is 7.89. The second-order valence-corrected chi connectivity index (χ2v) is 8.37. The van der Waals surface area contributed by atoms with Crippen molar-refractivity contribution < 1.29 is 17.9 Å². The number of pyridine rings is 1. The first kappa shape index (κ1) is 16.7. The van der Waals surface area contributed by atoms with Crippen LogP contribution in [0.4, 0.5) is 0 Å². The molecule has 0 aliphatic carbocycles. The highest BCUT2D eigenvalue weighted by Gasteiger charge is 2.34. The van der Waals surface area contributed by atoms with Gasteiger partial charge in [0.15, 0.2) is 0 Å². The van der Waals surface area contributed by atoms with E-state index in [2.05, 4.69) is 4.98 Å². The molecule has 0 unspecified atom stereocenters. The van der Waals surface area contributed by atoms with Crippen LogP contribution in [0.2, 0.25) is 0 Å². The summed E-state index contributed by atoms with van der Waals surface area (Å²) in [6.07, 6.45) is 3.99. The molecule has 2 saturated heterocycles. The number of ether oxygens (including phenoxy) is 2. The number of nitrogens with zero attached hydrogens (tertiary/aromatic N) is 2. The number of hydrogen-bond donors (Lipinski definition) is 0. The van der Waals surface area contributed by atoms with Gasteiger partial charge in [-0.25, -0.2) is 8.42 Å². The monoisotopic (exact) mass is 340 g/mol. The zero-order valence-electron chi connectivity index (χ0n) is 13.5. The van der Waals surface area contributed by atoms with Gasteiger partial charge in [-0.05, 0) is 44.2 Å². The average Bonchev–Trinajstić information content (AvgIpc) is 3.00. The van der Waals surface area contributed by atoms with Gasteiger partial charge in [-0.1, -0.05) is 0 Å².